The van der Waals surface area contributed by atoms with Crippen LogP contribution in [0.25, 0.3) is 0 Å². The predicted molar refractivity (Wildman–Crippen MR) is 53.6 cm³/mol. The molecule has 4 N–H and O–H groups in total. The molecule has 0 aliphatic rings. The fourth-order valence-corrected chi connectivity index (χ4v) is 1.13. The maximum Gasteiger partial charge on any atom is 0.224 e. The van der Waals surface area contributed by atoms with Crippen LogP contribution in [0.4, 0.5) is 0 Å². The van der Waals surface area contributed by atoms with Crippen molar-refractivity contribution in [3.63, 3.8) is 0 Å². The first kappa shape index (κ1) is 11.3. The second-order valence-electron chi connectivity index (χ2n) is 3.06. The van der Waals surface area contributed by atoms with E-state index in [9.17, 15) is 9.90 Å². The fourth-order valence-electron chi connectivity index (χ4n) is 1.13. The SMILES string of the molecule is O=C(Cc1ccc(O)cc1O)NCCO. The number of aliphatic hydroxyl groups is 1. The highest BCUT2D eigenvalue weighted by molar-refractivity contribution is 5.79. The van der Waals surface area contributed by atoms with Gasteiger partial charge < -0.3 is 20.6 Å². The molecule has 0 aliphatic carbocycles. The highest BCUT2D eigenvalue weighted by Gasteiger charge is 2.07. The van der Waals surface area contributed by atoms with Gasteiger partial charge in [0.25, 0.3) is 0 Å². The van der Waals surface area contributed by atoms with E-state index in [0.29, 0.717) is 5.56 Å². The molecule has 1 aromatic carbocycles. The van der Waals surface area contributed by atoms with Crippen LogP contribution in [0.5, 0.6) is 11.5 Å². The highest BCUT2D eigenvalue weighted by Crippen LogP contribution is 2.22. The van der Waals surface area contributed by atoms with Crippen molar-refractivity contribution in [1.82, 2.24) is 5.32 Å². The Bertz CT molecular complexity index is 351. The largest absolute Gasteiger partial charge is 0.508 e. The molecule has 1 amide bonds. The quantitative estimate of drug-likeness (QED) is 0.552. The molecule has 5 nitrogen and oxygen atoms in total. The smallest absolute Gasteiger partial charge is 0.224 e. The van der Waals surface area contributed by atoms with Gasteiger partial charge in [-0.15, -0.1) is 0 Å². The number of hydrogen-bond acceptors (Lipinski definition) is 4. The summed E-state index contributed by atoms with van der Waals surface area (Å²) in [5.74, 6) is -0.453. The number of hydrogen-bond donors (Lipinski definition) is 4. The van der Waals surface area contributed by atoms with Crippen LogP contribution < -0.4 is 5.32 Å². The normalized spacial score (nSPS) is 9.93. The Balaban J connectivity index is 2.60. The summed E-state index contributed by atoms with van der Waals surface area (Å²) in [7, 11) is 0. The number of rotatable bonds is 4. The van der Waals surface area contributed by atoms with Crippen molar-refractivity contribution in [1.29, 1.82) is 0 Å². The lowest BCUT2D eigenvalue weighted by Gasteiger charge is -2.05. The third-order valence-corrected chi connectivity index (χ3v) is 1.85. The maximum absolute atomic E-state index is 11.2. The predicted octanol–water partition coefficient (Wildman–Crippen LogP) is -0.251. The summed E-state index contributed by atoms with van der Waals surface area (Å²) in [6.07, 6.45) is 0.0200. The Kier molecular flexibility index (Phi) is 3.93. The fraction of sp³-hybridized carbons (Fsp3) is 0.300. The van der Waals surface area contributed by atoms with E-state index in [1.807, 2.05) is 0 Å². The van der Waals surface area contributed by atoms with Crippen LogP contribution >= 0.6 is 0 Å². The number of carbonyl (C=O) groups excluding carboxylic acids is 1. The van der Waals surface area contributed by atoms with Crippen LogP contribution in [0.1, 0.15) is 5.56 Å². The molecule has 15 heavy (non-hydrogen) atoms. The molecule has 0 fully saturated rings. The first-order valence-electron chi connectivity index (χ1n) is 4.52. The van der Waals surface area contributed by atoms with Crippen molar-refractivity contribution in [3.05, 3.63) is 23.8 Å². The zero-order chi connectivity index (χ0) is 11.3. The maximum atomic E-state index is 11.2. The third-order valence-electron chi connectivity index (χ3n) is 1.85. The number of aliphatic hydroxyl groups excluding tert-OH is 1. The summed E-state index contributed by atoms with van der Waals surface area (Å²) in [5, 5.41) is 29.3. The van der Waals surface area contributed by atoms with Crippen LogP contribution in [0.2, 0.25) is 0 Å². The second kappa shape index (κ2) is 5.21. The summed E-state index contributed by atoms with van der Waals surface area (Å²) < 4.78 is 0. The molecule has 1 aromatic rings. The molecule has 5 heteroatoms. The zero-order valence-electron chi connectivity index (χ0n) is 8.10. The van der Waals surface area contributed by atoms with Crippen molar-refractivity contribution < 1.29 is 20.1 Å². The molecule has 0 bridgehead atoms. The average Bonchev–Trinajstić information content (AvgIpc) is 2.19. The minimum absolute atomic E-state index is 0.0200. The minimum Gasteiger partial charge on any atom is -0.508 e. The van der Waals surface area contributed by atoms with Gasteiger partial charge in [-0.2, -0.15) is 0 Å². The molecule has 0 aliphatic heterocycles. The molecule has 0 radical (unpaired) electrons. The number of amides is 1. The van der Waals surface area contributed by atoms with Crippen molar-refractivity contribution >= 4 is 5.91 Å². The van der Waals surface area contributed by atoms with E-state index in [4.69, 9.17) is 10.2 Å². The van der Waals surface area contributed by atoms with Crippen molar-refractivity contribution in [2.24, 2.45) is 0 Å². The first-order chi connectivity index (χ1) is 7.13. The molecule has 0 saturated heterocycles. The van der Waals surface area contributed by atoms with Crippen molar-refractivity contribution in [2.75, 3.05) is 13.2 Å². The zero-order valence-corrected chi connectivity index (χ0v) is 8.10. The molecule has 1 rings (SSSR count). The lowest BCUT2D eigenvalue weighted by Crippen LogP contribution is -2.27. The number of nitrogens with one attached hydrogen (secondary N) is 1. The van der Waals surface area contributed by atoms with Gasteiger partial charge in [0.2, 0.25) is 5.91 Å². The first-order valence-corrected chi connectivity index (χ1v) is 4.52. The Morgan fingerprint density at radius 3 is 2.67 bits per heavy atom. The standard InChI is InChI=1S/C10H13NO4/c12-4-3-11-10(15)5-7-1-2-8(13)6-9(7)14/h1-2,6,12-14H,3-5H2,(H,11,15). The van der Waals surface area contributed by atoms with E-state index < -0.39 is 0 Å². The van der Waals surface area contributed by atoms with Gasteiger partial charge in [0.1, 0.15) is 11.5 Å². The van der Waals surface area contributed by atoms with E-state index in [2.05, 4.69) is 5.32 Å². The van der Waals surface area contributed by atoms with Crippen molar-refractivity contribution in [3.8, 4) is 11.5 Å². The van der Waals surface area contributed by atoms with Gasteiger partial charge in [0, 0.05) is 18.2 Å². The second-order valence-corrected chi connectivity index (χ2v) is 3.06. The summed E-state index contributed by atoms with van der Waals surface area (Å²) in [4.78, 5) is 11.2. The summed E-state index contributed by atoms with van der Waals surface area (Å²) in [6, 6.07) is 4.05. The third kappa shape index (κ3) is 3.47. The molecule has 0 atom stereocenters. The molecule has 0 saturated carbocycles. The lowest BCUT2D eigenvalue weighted by atomic mass is 10.1. The molecule has 0 unspecified atom stereocenters. The van der Waals surface area contributed by atoms with Crippen LogP contribution in [-0.2, 0) is 11.2 Å². The van der Waals surface area contributed by atoms with Gasteiger partial charge in [-0.05, 0) is 6.07 Å². The number of phenols is 2. The van der Waals surface area contributed by atoms with E-state index in [1.165, 1.54) is 18.2 Å². The molecular formula is C10H13NO4. The Hall–Kier alpha value is -1.75. The average molecular weight is 211 g/mol. The molecule has 0 heterocycles. The van der Waals surface area contributed by atoms with E-state index in [1.54, 1.807) is 0 Å². The number of phenolic OH excluding ortho intramolecular Hbond substituents is 2. The molecule has 82 valence electrons. The molecule has 0 aromatic heterocycles. The monoisotopic (exact) mass is 211 g/mol. The van der Waals surface area contributed by atoms with Gasteiger partial charge >= 0.3 is 0 Å². The van der Waals surface area contributed by atoms with Crippen LogP contribution in [0.3, 0.4) is 0 Å². The highest BCUT2D eigenvalue weighted by atomic mass is 16.3. The number of aromatic hydroxyl groups is 2. The summed E-state index contributed by atoms with van der Waals surface area (Å²) in [6.45, 7) is 0.0744. The molecular weight excluding hydrogens is 198 g/mol. The van der Waals surface area contributed by atoms with E-state index >= 15 is 0 Å². The summed E-state index contributed by atoms with van der Waals surface area (Å²) >= 11 is 0. The van der Waals surface area contributed by atoms with Crippen molar-refractivity contribution in [2.45, 2.75) is 6.42 Å². The molecule has 0 spiro atoms. The van der Waals surface area contributed by atoms with E-state index in [-0.39, 0.29) is 37.0 Å². The Labute approximate surface area is 87.0 Å². The summed E-state index contributed by atoms with van der Waals surface area (Å²) in [5.41, 5.74) is 0.434. The van der Waals surface area contributed by atoms with Gasteiger partial charge in [-0.3, -0.25) is 4.79 Å². The van der Waals surface area contributed by atoms with Gasteiger partial charge in [-0.25, -0.2) is 0 Å². The topological polar surface area (TPSA) is 89.8 Å². The number of benzene rings is 1. The van der Waals surface area contributed by atoms with Crippen LogP contribution in [0.15, 0.2) is 18.2 Å². The minimum atomic E-state index is -0.287. The van der Waals surface area contributed by atoms with Crippen LogP contribution in [-0.4, -0.2) is 34.4 Å². The van der Waals surface area contributed by atoms with Gasteiger partial charge in [-0.1, -0.05) is 6.07 Å². The van der Waals surface area contributed by atoms with Gasteiger partial charge in [0.15, 0.2) is 0 Å². The van der Waals surface area contributed by atoms with E-state index in [0.717, 1.165) is 0 Å². The Morgan fingerprint density at radius 1 is 1.33 bits per heavy atom. The van der Waals surface area contributed by atoms with Gasteiger partial charge in [0.05, 0.1) is 13.0 Å². The number of carbonyl (C=O) groups is 1. The van der Waals surface area contributed by atoms with Crippen LogP contribution in [0, 0.1) is 0 Å². The lowest BCUT2D eigenvalue weighted by molar-refractivity contribution is -0.120. The Morgan fingerprint density at radius 2 is 2.07 bits per heavy atom.